The Balaban J connectivity index is 2.60. The van der Waals surface area contributed by atoms with Gasteiger partial charge in [-0.25, -0.2) is 0 Å². The van der Waals surface area contributed by atoms with Crippen molar-refractivity contribution in [3.63, 3.8) is 0 Å². The molecule has 4 heteroatoms. The lowest BCUT2D eigenvalue weighted by Gasteiger charge is -2.23. The third kappa shape index (κ3) is 2.22. The van der Waals surface area contributed by atoms with Crippen molar-refractivity contribution in [3.8, 4) is 5.69 Å². The van der Waals surface area contributed by atoms with Gasteiger partial charge in [0.05, 0.1) is 5.69 Å². The molecule has 0 radical (unpaired) electrons. The van der Waals surface area contributed by atoms with Gasteiger partial charge in [-0.15, -0.1) is 10.2 Å². The van der Waals surface area contributed by atoms with E-state index in [1.807, 2.05) is 22.8 Å². The first-order chi connectivity index (χ1) is 8.04. The second kappa shape index (κ2) is 4.30. The predicted octanol–water partition coefficient (Wildman–Crippen LogP) is 2.06. The van der Waals surface area contributed by atoms with Crippen molar-refractivity contribution in [3.05, 3.63) is 42.0 Å². The van der Waals surface area contributed by atoms with E-state index >= 15 is 0 Å². The summed E-state index contributed by atoms with van der Waals surface area (Å²) in [6.45, 7) is 6.37. The molecule has 0 amide bonds. The second-order valence-corrected chi connectivity index (χ2v) is 5.04. The number of rotatable bonds is 2. The zero-order valence-electron chi connectivity index (χ0n) is 10.4. The molecule has 1 heterocycles. The number of hydrogen-bond acceptors (Lipinski definition) is 3. The summed E-state index contributed by atoms with van der Waals surface area (Å²) in [6, 6.07) is 8.11. The Morgan fingerprint density at radius 1 is 1.24 bits per heavy atom. The van der Waals surface area contributed by atoms with Gasteiger partial charge >= 0.3 is 0 Å². The van der Waals surface area contributed by atoms with Gasteiger partial charge in [-0.1, -0.05) is 39.0 Å². The summed E-state index contributed by atoms with van der Waals surface area (Å²) in [5, 5.41) is 17.0. The van der Waals surface area contributed by atoms with Crippen LogP contribution in [0.4, 0.5) is 0 Å². The lowest BCUT2D eigenvalue weighted by Crippen LogP contribution is -2.15. The molecule has 0 saturated carbocycles. The van der Waals surface area contributed by atoms with Gasteiger partial charge in [0, 0.05) is 0 Å². The zero-order valence-corrected chi connectivity index (χ0v) is 10.4. The summed E-state index contributed by atoms with van der Waals surface area (Å²) in [5.74, 6) is 0.557. The van der Waals surface area contributed by atoms with E-state index in [2.05, 4.69) is 37.0 Å². The van der Waals surface area contributed by atoms with E-state index in [0.29, 0.717) is 5.82 Å². The van der Waals surface area contributed by atoms with Crippen molar-refractivity contribution < 1.29 is 5.11 Å². The summed E-state index contributed by atoms with van der Waals surface area (Å²) in [7, 11) is 0. The average Bonchev–Trinajstić information content (AvgIpc) is 2.75. The highest BCUT2D eigenvalue weighted by Gasteiger charge is 2.19. The summed E-state index contributed by atoms with van der Waals surface area (Å²) in [5.41, 5.74) is 2.26. The van der Waals surface area contributed by atoms with E-state index < -0.39 is 0 Å². The summed E-state index contributed by atoms with van der Waals surface area (Å²) in [4.78, 5) is 0. The molecule has 0 bridgehead atoms. The molecular weight excluding hydrogens is 214 g/mol. The molecule has 0 fully saturated rings. The second-order valence-electron chi connectivity index (χ2n) is 5.04. The molecule has 1 aromatic heterocycles. The van der Waals surface area contributed by atoms with Gasteiger partial charge in [0.15, 0.2) is 5.82 Å². The van der Waals surface area contributed by atoms with Crippen LogP contribution in [0, 0.1) is 0 Å². The normalized spacial score (nSPS) is 11.8. The van der Waals surface area contributed by atoms with Crippen LogP contribution >= 0.6 is 0 Å². The smallest absolute Gasteiger partial charge is 0.163 e. The maximum absolute atomic E-state index is 9.24. The molecule has 0 atom stereocenters. The molecule has 1 aromatic carbocycles. The van der Waals surface area contributed by atoms with Crippen molar-refractivity contribution in [2.24, 2.45) is 0 Å². The predicted molar refractivity (Wildman–Crippen MR) is 66.0 cm³/mol. The van der Waals surface area contributed by atoms with Crippen LogP contribution in [-0.2, 0) is 12.0 Å². The molecule has 2 rings (SSSR count). The van der Waals surface area contributed by atoms with E-state index in [4.69, 9.17) is 0 Å². The minimum atomic E-state index is -0.113. The first kappa shape index (κ1) is 11.8. The van der Waals surface area contributed by atoms with Gasteiger partial charge in [0.25, 0.3) is 0 Å². The van der Waals surface area contributed by atoms with Gasteiger partial charge in [-0.2, -0.15) is 0 Å². The largest absolute Gasteiger partial charge is 0.388 e. The van der Waals surface area contributed by atoms with Crippen molar-refractivity contribution in [2.45, 2.75) is 32.8 Å². The first-order valence-corrected chi connectivity index (χ1v) is 5.63. The van der Waals surface area contributed by atoms with E-state index in [1.165, 1.54) is 5.56 Å². The number of benzene rings is 1. The Labute approximate surface area is 101 Å². The fourth-order valence-electron chi connectivity index (χ4n) is 1.89. The molecule has 2 aromatic rings. The zero-order chi connectivity index (χ0) is 12.5. The molecule has 0 aliphatic carbocycles. The number of para-hydroxylation sites is 1. The Bertz CT molecular complexity index is 511. The molecule has 0 spiro atoms. The lowest BCUT2D eigenvalue weighted by atomic mass is 9.86. The number of aliphatic hydroxyl groups excluding tert-OH is 1. The standard InChI is InChI=1S/C13H17N3O/c1-13(2,3)10-6-4-5-7-11(10)16-9-14-15-12(16)8-17/h4-7,9,17H,8H2,1-3H3. The first-order valence-electron chi connectivity index (χ1n) is 5.63. The number of nitrogens with zero attached hydrogens (tertiary/aromatic N) is 3. The maximum atomic E-state index is 9.24. The van der Waals surface area contributed by atoms with Crippen LogP contribution in [0.25, 0.3) is 5.69 Å². The van der Waals surface area contributed by atoms with Crippen LogP contribution in [-0.4, -0.2) is 19.9 Å². The molecule has 0 aliphatic rings. The maximum Gasteiger partial charge on any atom is 0.163 e. The summed E-state index contributed by atoms with van der Waals surface area (Å²) < 4.78 is 1.83. The summed E-state index contributed by atoms with van der Waals surface area (Å²) >= 11 is 0. The van der Waals surface area contributed by atoms with E-state index in [9.17, 15) is 5.11 Å². The highest BCUT2D eigenvalue weighted by atomic mass is 16.3. The topological polar surface area (TPSA) is 50.9 Å². The Hall–Kier alpha value is -1.68. The van der Waals surface area contributed by atoms with Crippen molar-refractivity contribution in [1.29, 1.82) is 0 Å². The van der Waals surface area contributed by atoms with Crippen LogP contribution < -0.4 is 0 Å². The number of aromatic nitrogens is 3. The number of hydrogen-bond donors (Lipinski definition) is 1. The lowest BCUT2D eigenvalue weighted by molar-refractivity contribution is 0.268. The van der Waals surface area contributed by atoms with Crippen molar-refractivity contribution in [1.82, 2.24) is 14.8 Å². The molecule has 0 aliphatic heterocycles. The van der Waals surface area contributed by atoms with Gasteiger partial charge in [-0.05, 0) is 17.0 Å². The van der Waals surface area contributed by atoms with Crippen molar-refractivity contribution >= 4 is 0 Å². The van der Waals surface area contributed by atoms with Crippen LogP contribution in [0.15, 0.2) is 30.6 Å². The van der Waals surface area contributed by atoms with Gasteiger partial charge in [0.1, 0.15) is 12.9 Å². The highest BCUT2D eigenvalue weighted by molar-refractivity contribution is 5.45. The minimum Gasteiger partial charge on any atom is -0.388 e. The Kier molecular flexibility index (Phi) is 2.98. The van der Waals surface area contributed by atoms with Gasteiger partial charge < -0.3 is 5.11 Å². The minimum absolute atomic E-state index is 0.0353. The van der Waals surface area contributed by atoms with Crippen LogP contribution in [0.5, 0.6) is 0 Å². The van der Waals surface area contributed by atoms with E-state index in [-0.39, 0.29) is 12.0 Å². The van der Waals surface area contributed by atoms with Gasteiger partial charge in [-0.3, -0.25) is 4.57 Å². The Morgan fingerprint density at radius 3 is 2.59 bits per heavy atom. The summed E-state index contributed by atoms with van der Waals surface area (Å²) in [6.07, 6.45) is 1.64. The quantitative estimate of drug-likeness (QED) is 0.860. The average molecular weight is 231 g/mol. The molecule has 90 valence electrons. The third-order valence-electron chi connectivity index (χ3n) is 2.73. The van der Waals surface area contributed by atoms with Crippen LogP contribution in [0.1, 0.15) is 32.2 Å². The molecule has 4 nitrogen and oxygen atoms in total. The SMILES string of the molecule is CC(C)(C)c1ccccc1-n1cnnc1CO. The van der Waals surface area contributed by atoms with E-state index in [0.717, 1.165) is 5.69 Å². The molecule has 17 heavy (non-hydrogen) atoms. The fraction of sp³-hybridized carbons (Fsp3) is 0.385. The molecule has 0 unspecified atom stereocenters. The van der Waals surface area contributed by atoms with Crippen LogP contribution in [0.3, 0.4) is 0 Å². The Morgan fingerprint density at radius 2 is 1.94 bits per heavy atom. The van der Waals surface area contributed by atoms with Gasteiger partial charge in [0.2, 0.25) is 0 Å². The third-order valence-corrected chi connectivity index (χ3v) is 2.73. The number of aliphatic hydroxyl groups is 1. The monoisotopic (exact) mass is 231 g/mol. The molecule has 0 saturated heterocycles. The molecular formula is C13H17N3O. The molecule has 1 N–H and O–H groups in total. The van der Waals surface area contributed by atoms with Crippen molar-refractivity contribution in [2.75, 3.05) is 0 Å². The van der Waals surface area contributed by atoms with Crippen LogP contribution in [0.2, 0.25) is 0 Å². The fourth-order valence-corrected chi connectivity index (χ4v) is 1.89. The highest BCUT2D eigenvalue weighted by Crippen LogP contribution is 2.28. The van der Waals surface area contributed by atoms with E-state index in [1.54, 1.807) is 6.33 Å².